The molecule has 0 amide bonds. The molecule has 0 spiro atoms. The fraction of sp³-hybridized carbons (Fsp3) is 0.400. The lowest BCUT2D eigenvalue weighted by atomic mass is 9.68. The Morgan fingerprint density at radius 3 is 2.44 bits per heavy atom. The second-order valence-electron chi connectivity index (χ2n) is 7.94. The van der Waals surface area contributed by atoms with E-state index in [0.29, 0.717) is 17.8 Å². The molecule has 0 saturated heterocycles. The number of nitro benzene ring substituents is 2. The van der Waals surface area contributed by atoms with Crippen molar-refractivity contribution in [2.45, 2.75) is 31.2 Å². The summed E-state index contributed by atoms with van der Waals surface area (Å²) in [5.74, 6) is 1.71. The Morgan fingerprint density at radius 1 is 0.926 bits per heavy atom. The Hall–Kier alpha value is -2.96. The number of nitrogens with zero attached hydrogens (tertiary/aromatic N) is 2. The molecule has 2 aliphatic carbocycles. The Labute approximate surface area is 155 Å². The maximum absolute atomic E-state index is 11.2. The number of rotatable bonds is 3. The van der Waals surface area contributed by atoms with Crippen molar-refractivity contribution in [3.05, 3.63) is 73.8 Å². The van der Waals surface area contributed by atoms with Crippen molar-refractivity contribution in [3.8, 4) is 0 Å². The monoisotopic (exact) mass is 365 g/mol. The van der Waals surface area contributed by atoms with Gasteiger partial charge in [0.2, 0.25) is 0 Å². The molecule has 0 aromatic heterocycles. The molecule has 27 heavy (non-hydrogen) atoms. The minimum atomic E-state index is -0.359. The van der Waals surface area contributed by atoms with Crippen LogP contribution in [-0.4, -0.2) is 9.85 Å². The normalized spacial score (nSPS) is 30.3. The van der Waals surface area contributed by atoms with Crippen LogP contribution in [0, 0.1) is 38.0 Å². The minimum Gasteiger partial charge on any atom is -0.378 e. The largest absolute Gasteiger partial charge is 0.378 e. The van der Waals surface area contributed by atoms with E-state index >= 15 is 0 Å². The molecule has 3 aliphatic rings. The zero-order valence-electron chi connectivity index (χ0n) is 14.6. The van der Waals surface area contributed by atoms with E-state index in [1.165, 1.54) is 18.6 Å². The highest BCUT2D eigenvalue weighted by atomic mass is 16.6. The predicted octanol–water partition coefficient (Wildman–Crippen LogP) is 4.80. The van der Waals surface area contributed by atoms with Gasteiger partial charge in [-0.25, -0.2) is 0 Å². The van der Waals surface area contributed by atoms with Gasteiger partial charge in [0, 0.05) is 30.0 Å². The third kappa shape index (κ3) is 2.41. The van der Waals surface area contributed by atoms with Gasteiger partial charge in [-0.3, -0.25) is 20.2 Å². The van der Waals surface area contributed by atoms with E-state index in [2.05, 4.69) is 5.32 Å². The minimum absolute atomic E-state index is 0.000781. The Balaban J connectivity index is 1.62. The average Bonchev–Trinajstić information content (AvgIpc) is 3.29. The number of non-ortho nitro benzene ring substituents is 2. The number of fused-ring (bicyclic) bond motifs is 7. The van der Waals surface area contributed by atoms with Gasteiger partial charge in [-0.05, 0) is 60.1 Å². The zero-order chi connectivity index (χ0) is 18.7. The molecule has 5 rings (SSSR count). The smallest absolute Gasteiger partial charge is 0.269 e. The highest BCUT2D eigenvalue weighted by Gasteiger charge is 2.54. The summed E-state index contributed by atoms with van der Waals surface area (Å²) in [4.78, 5) is 21.8. The van der Waals surface area contributed by atoms with Crippen LogP contribution in [0.15, 0.2) is 42.5 Å². The number of nitro groups is 2. The first kappa shape index (κ1) is 16.2. The summed E-state index contributed by atoms with van der Waals surface area (Å²) in [5.41, 5.74) is 3.12. The third-order valence-electron chi connectivity index (χ3n) is 6.72. The number of benzene rings is 2. The molecule has 1 N–H and O–H groups in total. The van der Waals surface area contributed by atoms with Gasteiger partial charge >= 0.3 is 0 Å². The van der Waals surface area contributed by atoms with Crippen LogP contribution < -0.4 is 5.32 Å². The maximum atomic E-state index is 11.2. The first-order chi connectivity index (χ1) is 13.0. The summed E-state index contributed by atoms with van der Waals surface area (Å²) in [5, 5.41) is 26.0. The van der Waals surface area contributed by atoms with Gasteiger partial charge < -0.3 is 5.32 Å². The second kappa shape index (κ2) is 5.77. The molecule has 2 aromatic rings. The zero-order valence-corrected chi connectivity index (χ0v) is 14.6. The summed E-state index contributed by atoms with van der Waals surface area (Å²) >= 11 is 0. The molecule has 2 fully saturated rings. The van der Waals surface area contributed by atoms with Gasteiger partial charge in [-0.15, -0.1) is 0 Å². The quantitative estimate of drug-likeness (QED) is 0.622. The van der Waals surface area contributed by atoms with Crippen LogP contribution in [0.2, 0.25) is 0 Å². The van der Waals surface area contributed by atoms with Crippen molar-refractivity contribution in [3.63, 3.8) is 0 Å². The van der Waals surface area contributed by atoms with E-state index in [-0.39, 0.29) is 33.2 Å². The lowest BCUT2D eigenvalue weighted by Crippen LogP contribution is -2.35. The summed E-state index contributed by atoms with van der Waals surface area (Å²) in [6, 6.07) is 11.9. The van der Waals surface area contributed by atoms with Crippen molar-refractivity contribution in [1.82, 2.24) is 0 Å². The Kier molecular flexibility index (Phi) is 3.47. The molecule has 0 unspecified atom stereocenters. The van der Waals surface area contributed by atoms with Crippen molar-refractivity contribution < 1.29 is 9.85 Å². The summed E-state index contributed by atoms with van der Waals surface area (Å²) < 4.78 is 0. The van der Waals surface area contributed by atoms with Gasteiger partial charge in [0.15, 0.2) is 0 Å². The molecule has 1 aliphatic heterocycles. The van der Waals surface area contributed by atoms with E-state index in [9.17, 15) is 20.2 Å². The molecule has 2 saturated carbocycles. The number of nitrogens with one attached hydrogen (secondary N) is 1. The Bertz CT molecular complexity index is 960. The van der Waals surface area contributed by atoms with Gasteiger partial charge in [0.25, 0.3) is 11.4 Å². The average molecular weight is 365 g/mol. The van der Waals surface area contributed by atoms with Crippen LogP contribution in [-0.2, 0) is 0 Å². The lowest BCUT2D eigenvalue weighted by molar-refractivity contribution is -0.385. The standard InChI is InChI=1S/C20H19N3O4/c24-22(25)14-3-1-2-13(9-14)20-19-12-5-4-11(8-12)18(19)16-10-15(23(26)27)6-7-17(16)21-20/h1-3,6-7,9-12,18-21H,4-5,8H2/t11-,12-,18+,19-,20-/m0/s1. The van der Waals surface area contributed by atoms with Crippen molar-refractivity contribution in [2.24, 2.45) is 17.8 Å². The SMILES string of the molecule is O=[N+]([O-])c1cccc([C@@H]2Nc3ccc([N+](=O)[O-])cc3[C@H]3[C@H]4CC[C@@H](C4)[C@@H]32)c1. The van der Waals surface area contributed by atoms with Gasteiger partial charge in [-0.1, -0.05) is 12.1 Å². The number of anilines is 1. The molecular weight excluding hydrogens is 346 g/mol. The van der Waals surface area contributed by atoms with Crippen LogP contribution in [0.25, 0.3) is 0 Å². The molecule has 2 aromatic carbocycles. The van der Waals surface area contributed by atoms with Gasteiger partial charge in [0.1, 0.15) is 0 Å². The van der Waals surface area contributed by atoms with Crippen molar-refractivity contribution in [2.75, 3.05) is 5.32 Å². The van der Waals surface area contributed by atoms with Crippen LogP contribution >= 0.6 is 0 Å². The second-order valence-corrected chi connectivity index (χ2v) is 7.94. The molecule has 138 valence electrons. The van der Waals surface area contributed by atoms with Crippen molar-refractivity contribution >= 4 is 17.1 Å². The highest BCUT2D eigenvalue weighted by Crippen LogP contribution is 2.64. The fourth-order valence-corrected chi connectivity index (χ4v) is 5.75. The van der Waals surface area contributed by atoms with Crippen LogP contribution in [0.5, 0.6) is 0 Å². The van der Waals surface area contributed by atoms with Gasteiger partial charge in [-0.2, -0.15) is 0 Å². The van der Waals surface area contributed by atoms with Crippen LogP contribution in [0.4, 0.5) is 17.1 Å². The summed E-state index contributed by atoms with van der Waals surface area (Å²) in [6.45, 7) is 0. The number of hydrogen-bond donors (Lipinski definition) is 1. The van der Waals surface area contributed by atoms with Gasteiger partial charge in [0.05, 0.1) is 15.9 Å². The first-order valence-corrected chi connectivity index (χ1v) is 9.32. The molecule has 2 bridgehead atoms. The summed E-state index contributed by atoms with van der Waals surface area (Å²) in [7, 11) is 0. The summed E-state index contributed by atoms with van der Waals surface area (Å²) in [6.07, 6.45) is 3.48. The highest BCUT2D eigenvalue weighted by molar-refractivity contribution is 5.62. The van der Waals surface area contributed by atoms with Crippen LogP contribution in [0.1, 0.15) is 42.3 Å². The molecule has 5 atom stereocenters. The topological polar surface area (TPSA) is 98.3 Å². The van der Waals surface area contributed by atoms with Crippen LogP contribution in [0.3, 0.4) is 0 Å². The van der Waals surface area contributed by atoms with E-state index in [1.54, 1.807) is 24.3 Å². The molecule has 0 radical (unpaired) electrons. The molecule has 1 heterocycles. The lowest BCUT2D eigenvalue weighted by Gasteiger charge is -2.43. The maximum Gasteiger partial charge on any atom is 0.269 e. The van der Waals surface area contributed by atoms with E-state index in [4.69, 9.17) is 0 Å². The van der Waals surface area contributed by atoms with E-state index in [1.807, 2.05) is 6.07 Å². The third-order valence-corrected chi connectivity index (χ3v) is 6.72. The molecular formula is C20H19N3O4. The fourth-order valence-electron chi connectivity index (χ4n) is 5.75. The Morgan fingerprint density at radius 2 is 1.67 bits per heavy atom. The molecule has 7 nitrogen and oxygen atoms in total. The number of hydrogen-bond acceptors (Lipinski definition) is 5. The predicted molar refractivity (Wildman–Crippen MR) is 99.6 cm³/mol. The van der Waals surface area contributed by atoms with E-state index < -0.39 is 0 Å². The van der Waals surface area contributed by atoms with Crippen molar-refractivity contribution in [1.29, 1.82) is 0 Å². The molecule has 7 heteroatoms. The first-order valence-electron chi connectivity index (χ1n) is 9.32. The van der Waals surface area contributed by atoms with E-state index in [0.717, 1.165) is 29.7 Å².